The molecule has 38 heavy (non-hydrogen) atoms. The predicted octanol–water partition coefficient (Wildman–Crippen LogP) is 5.79. The number of fused-ring (bicyclic) bond motifs is 2. The standard InChI is InChI=1S/C31H30N4O3/c1-34-16-13-21-17-22(8-12-27(21)34)29(28-25-18-23(31(37)38)7-11-26(25)33-30(28)36)32-24-9-5-20(6-10-24)19-35-14-3-2-4-15-35/h5-13,16-18,32H,2-4,14-15,19H2,1H3,(H,33,36)(H,37,38). The zero-order valence-electron chi connectivity index (χ0n) is 21.3. The molecule has 3 heterocycles. The molecule has 0 aliphatic carbocycles. The molecule has 1 fully saturated rings. The van der Waals surface area contributed by atoms with Gasteiger partial charge in [0.1, 0.15) is 0 Å². The maximum absolute atomic E-state index is 13.3. The second-order valence-corrected chi connectivity index (χ2v) is 10.1. The van der Waals surface area contributed by atoms with Crippen molar-refractivity contribution in [3.05, 3.63) is 95.2 Å². The first-order chi connectivity index (χ1) is 18.5. The molecule has 1 saturated heterocycles. The lowest BCUT2D eigenvalue weighted by Crippen LogP contribution is -2.29. The molecule has 0 radical (unpaired) electrons. The molecule has 2 aliphatic rings. The second kappa shape index (κ2) is 9.84. The van der Waals surface area contributed by atoms with Gasteiger partial charge in [-0.1, -0.05) is 24.6 Å². The maximum atomic E-state index is 13.3. The molecule has 0 unspecified atom stereocenters. The number of nitrogens with one attached hydrogen (secondary N) is 2. The number of aryl methyl sites for hydroxylation is 1. The average Bonchev–Trinajstić information content (AvgIpc) is 3.46. The highest BCUT2D eigenvalue weighted by Crippen LogP contribution is 2.39. The van der Waals surface area contributed by atoms with Crippen LogP contribution >= 0.6 is 0 Å². The van der Waals surface area contributed by atoms with Crippen molar-refractivity contribution in [2.75, 3.05) is 23.7 Å². The summed E-state index contributed by atoms with van der Waals surface area (Å²) in [5.74, 6) is -1.30. The van der Waals surface area contributed by atoms with Crippen LogP contribution in [0.15, 0.2) is 72.9 Å². The summed E-state index contributed by atoms with van der Waals surface area (Å²) in [6.45, 7) is 3.22. The lowest BCUT2D eigenvalue weighted by Gasteiger charge is -2.26. The van der Waals surface area contributed by atoms with E-state index >= 15 is 0 Å². The van der Waals surface area contributed by atoms with Crippen molar-refractivity contribution >= 4 is 45.4 Å². The molecule has 4 aromatic rings. The maximum Gasteiger partial charge on any atom is 0.335 e. The summed E-state index contributed by atoms with van der Waals surface area (Å²) in [6, 6.07) is 21.2. The summed E-state index contributed by atoms with van der Waals surface area (Å²) in [6.07, 6.45) is 5.84. The number of amides is 1. The van der Waals surface area contributed by atoms with Gasteiger partial charge in [-0.25, -0.2) is 4.79 Å². The van der Waals surface area contributed by atoms with Crippen LogP contribution < -0.4 is 10.6 Å². The molecule has 2 aliphatic heterocycles. The molecule has 3 N–H and O–H groups in total. The number of carboxylic acids is 1. The fourth-order valence-electron chi connectivity index (χ4n) is 5.48. The Labute approximate surface area is 221 Å². The number of benzene rings is 3. The van der Waals surface area contributed by atoms with Gasteiger partial charge in [0.15, 0.2) is 0 Å². The number of aromatic nitrogens is 1. The van der Waals surface area contributed by atoms with E-state index in [-0.39, 0.29) is 11.5 Å². The number of carbonyl (C=O) groups excluding carboxylic acids is 1. The highest BCUT2D eigenvalue weighted by atomic mass is 16.4. The van der Waals surface area contributed by atoms with Crippen molar-refractivity contribution in [2.45, 2.75) is 25.8 Å². The molecule has 0 atom stereocenters. The lowest BCUT2D eigenvalue weighted by molar-refractivity contribution is -0.110. The van der Waals surface area contributed by atoms with Crippen LogP contribution in [-0.4, -0.2) is 39.5 Å². The number of hydrogen-bond donors (Lipinski definition) is 3. The van der Waals surface area contributed by atoms with E-state index in [1.807, 2.05) is 43.6 Å². The van der Waals surface area contributed by atoms with Crippen LogP contribution in [0.2, 0.25) is 0 Å². The lowest BCUT2D eigenvalue weighted by atomic mass is 9.97. The number of carboxylic acid groups (broad SMARTS) is 1. The van der Waals surface area contributed by atoms with E-state index < -0.39 is 5.97 Å². The molecule has 3 aromatic carbocycles. The van der Waals surface area contributed by atoms with Crippen LogP contribution in [0.5, 0.6) is 0 Å². The summed E-state index contributed by atoms with van der Waals surface area (Å²) < 4.78 is 2.05. The number of hydrogen-bond acceptors (Lipinski definition) is 4. The van der Waals surface area contributed by atoms with Gasteiger partial charge in [0.25, 0.3) is 5.91 Å². The quantitative estimate of drug-likeness (QED) is 0.288. The highest BCUT2D eigenvalue weighted by molar-refractivity contribution is 6.37. The van der Waals surface area contributed by atoms with E-state index in [0.29, 0.717) is 22.5 Å². The van der Waals surface area contributed by atoms with Crippen LogP contribution in [0.4, 0.5) is 11.4 Å². The molecule has 192 valence electrons. The third kappa shape index (κ3) is 4.57. The molecule has 1 amide bonds. The summed E-state index contributed by atoms with van der Waals surface area (Å²) in [7, 11) is 2.00. The van der Waals surface area contributed by atoms with Crippen molar-refractivity contribution < 1.29 is 14.7 Å². The topological polar surface area (TPSA) is 86.6 Å². The van der Waals surface area contributed by atoms with E-state index in [4.69, 9.17) is 0 Å². The minimum Gasteiger partial charge on any atom is -0.478 e. The van der Waals surface area contributed by atoms with E-state index in [1.165, 1.54) is 30.9 Å². The number of rotatable bonds is 6. The Kier molecular flexibility index (Phi) is 6.21. The van der Waals surface area contributed by atoms with Crippen molar-refractivity contribution in [2.24, 2.45) is 7.05 Å². The molecule has 7 heteroatoms. The Hall–Kier alpha value is -4.36. The zero-order chi connectivity index (χ0) is 26.2. The monoisotopic (exact) mass is 506 g/mol. The van der Waals surface area contributed by atoms with Gasteiger partial charge < -0.3 is 20.3 Å². The third-order valence-electron chi connectivity index (χ3n) is 7.51. The van der Waals surface area contributed by atoms with Crippen molar-refractivity contribution in [3.63, 3.8) is 0 Å². The number of aromatic carboxylic acids is 1. The van der Waals surface area contributed by atoms with Gasteiger partial charge in [0.2, 0.25) is 0 Å². The molecule has 7 nitrogen and oxygen atoms in total. The number of nitrogens with zero attached hydrogens (tertiary/aromatic N) is 2. The fraction of sp³-hybridized carbons (Fsp3) is 0.226. The Balaban J connectivity index is 1.41. The van der Waals surface area contributed by atoms with Gasteiger partial charge in [0.05, 0.1) is 16.8 Å². The smallest absolute Gasteiger partial charge is 0.335 e. The summed E-state index contributed by atoms with van der Waals surface area (Å²) in [4.78, 5) is 27.5. The Bertz CT molecular complexity index is 1580. The Morgan fingerprint density at radius 1 is 0.947 bits per heavy atom. The van der Waals surface area contributed by atoms with Gasteiger partial charge in [-0.3, -0.25) is 9.69 Å². The van der Waals surface area contributed by atoms with Crippen molar-refractivity contribution in [3.8, 4) is 0 Å². The van der Waals surface area contributed by atoms with E-state index in [0.717, 1.165) is 41.8 Å². The van der Waals surface area contributed by atoms with Gasteiger partial charge in [0, 0.05) is 47.6 Å². The van der Waals surface area contributed by atoms with Crippen LogP contribution in [0.3, 0.4) is 0 Å². The number of anilines is 2. The predicted molar refractivity (Wildman–Crippen MR) is 151 cm³/mol. The van der Waals surface area contributed by atoms with Gasteiger partial charge in [-0.05, 0) is 85.6 Å². The van der Waals surface area contributed by atoms with E-state index in [2.05, 4.69) is 38.3 Å². The van der Waals surface area contributed by atoms with Gasteiger partial charge in [-0.2, -0.15) is 0 Å². The highest BCUT2D eigenvalue weighted by Gasteiger charge is 2.29. The minimum absolute atomic E-state index is 0.137. The molecular weight excluding hydrogens is 476 g/mol. The van der Waals surface area contributed by atoms with E-state index in [9.17, 15) is 14.7 Å². The van der Waals surface area contributed by atoms with Gasteiger partial charge >= 0.3 is 5.97 Å². The first-order valence-corrected chi connectivity index (χ1v) is 13.0. The summed E-state index contributed by atoms with van der Waals surface area (Å²) >= 11 is 0. The minimum atomic E-state index is -1.03. The average molecular weight is 507 g/mol. The molecule has 0 saturated carbocycles. The SMILES string of the molecule is Cn1ccc2cc(C(Nc3ccc(CN4CCCCC4)cc3)=C3C(=O)Nc4ccc(C(=O)O)cc43)ccc21. The van der Waals surface area contributed by atoms with Crippen LogP contribution in [0.1, 0.15) is 46.3 Å². The Morgan fingerprint density at radius 3 is 2.47 bits per heavy atom. The number of likely N-dealkylation sites (tertiary alicyclic amines) is 1. The van der Waals surface area contributed by atoms with Crippen LogP contribution in [-0.2, 0) is 18.4 Å². The molecule has 0 bridgehead atoms. The fourth-order valence-corrected chi connectivity index (χ4v) is 5.48. The number of carbonyl (C=O) groups is 2. The first-order valence-electron chi connectivity index (χ1n) is 13.0. The number of piperidine rings is 1. The summed E-state index contributed by atoms with van der Waals surface area (Å²) in [5, 5.41) is 17.1. The van der Waals surface area contributed by atoms with Crippen LogP contribution in [0, 0.1) is 0 Å². The third-order valence-corrected chi connectivity index (χ3v) is 7.51. The molecule has 1 aromatic heterocycles. The van der Waals surface area contributed by atoms with Crippen molar-refractivity contribution in [1.29, 1.82) is 0 Å². The molecule has 6 rings (SSSR count). The summed E-state index contributed by atoms with van der Waals surface area (Å²) in [5.41, 5.74) is 6.43. The zero-order valence-corrected chi connectivity index (χ0v) is 21.3. The molecule has 0 spiro atoms. The largest absolute Gasteiger partial charge is 0.478 e. The first kappa shape index (κ1) is 24.0. The van der Waals surface area contributed by atoms with Crippen molar-refractivity contribution in [1.82, 2.24) is 9.47 Å². The van der Waals surface area contributed by atoms with Gasteiger partial charge in [-0.15, -0.1) is 0 Å². The van der Waals surface area contributed by atoms with E-state index in [1.54, 1.807) is 12.1 Å². The van der Waals surface area contributed by atoms with Crippen LogP contribution in [0.25, 0.3) is 22.2 Å². The second-order valence-electron chi connectivity index (χ2n) is 10.1. The normalized spacial score (nSPS) is 16.8. The Morgan fingerprint density at radius 2 is 1.71 bits per heavy atom. The molecular formula is C31H30N4O3.